The Morgan fingerprint density at radius 2 is 2.05 bits per heavy atom. The van der Waals surface area contributed by atoms with Crippen LogP contribution in [0.4, 0.5) is 4.39 Å². The van der Waals surface area contributed by atoms with Crippen LogP contribution in [0.15, 0.2) is 24.4 Å². The van der Waals surface area contributed by atoms with Crippen LogP contribution in [0, 0.1) is 5.82 Å². The minimum Gasteiger partial charge on any atom is -0.330 e. The SMILES string of the molecule is C=C1CCC(c2cc(Cl)cc(C(C)(C)C)c2F)C(=O)N1. The molecule has 1 saturated heterocycles. The molecule has 108 valence electrons. The summed E-state index contributed by atoms with van der Waals surface area (Å²) in [6, 6.07) is 3.20. The molecule has 1 atom stereocenters. The standard InChI is InChI=1S/C16H19ClFNO/c1-9-5-6-11(15(20)19-9)12-7-10(17)8-13(14(12)18)16(2,3)4/h7-8,11H,1,5-6H2,2-4H3,(H,19,20). The highest BCUT2D eigenvalue weighted by Gasteiger charge is 2.31. The van der Waals surface area contributed by atoms with E-state index in [2.05, 4.69) is 11.9 Å². The number of allylic oxidation sites excluding steroid dienone is 1. The molecule has 0 bridgehead atoms. The fraction of sp³-hybridized carbons (Fsp3) is 0.438. The minimum absolute atomic E-state index is 0.206. The lowest BCUT2D eigenvalue weighted by molar-refractivity contribution is -0.122. The average molecular weight is 296 g/mol. The fourth-order valence-electron chi connectivity index (χ4n) is 2.48. The van der Waals surface area contributed by atoms with E-state index >= 15 is 0 Å². The third-order valence-corrected chi connectivity index (χ3v) is 3.82. The van der Waals surface area contributed by atoms with Crippen molar-refractivity contribution in [2.75, 3.05) is 0 Å². The van der Waals surface area contributed by atoms with Crippen molar-refractivity contribution in [3.8, 4) is 0 Å². The zero-order valence-corrected chi connectivity index (χ0v) is 12.8. The lowest BCUT2D eigenvalue weighted by Gasteiger charge is -2.27. The van der Waals surface area contributed by atoms with Crippen LogP contribution in [-0.4, -0.2) is 5.91 Å². The smallest absolute Gasteiger partial charge is 0.231 e. The van der Waals surface area contributed by atoms with Gasteiger partial charge in [0.05, 0.1) is 5.92 Å². The summed E-state index contributed by atoms with van der Waals surface area (Å²) >= 11 is 6.11. The average Bonchev–Trinajstić information content (AvgIpc) is 2.31. The molecule has 1 N–H and O–H groups in total. The van der Waals surface area contributed by atoms with Gasteiger partial charge in [0.1, 0.15) is 5.82 Å². The predicted octanol–water partition coefficient (Wildman–Crippen LogP) is 4.28. The number of piperidine rings is 1. The number of rotatable bonds is 1. The Morgan fingerprint density at radius 1 is 1.40 bits per heavy atom. The molecule has 1 aromatic rings. The van der Waals surface area contributed by atoms with Crippen molar-refractivity contribution < 1.29 is 9.18 Å². The first-order chi connectivity index (χ1) is 9.20. The molecular formula is C16H19ClFNO. The van der Waals surface area contributed by atoms with Crippen molar-refractivity contribution in [1.82, 2.24) is 5.32 Å². The second-order valence-electron chi connectivity index (χ2n) is 6.29. The minimum atomic E-state index is -0.500. The number of nitrogens with one attached hydrogen (secondary N) is 1. The Morgan fingerprint density at radius 3 is 2.60 bits per heavy atom. The summed E-state index contributed by atoms with van der Waals surface area (Å²) < 4.78 is 14.7. The molecule has 1 aromatic carbocycles. The van der Waals surface area contributed by atoms with Gasteiger partial charge in [0.15, 0.2) is 0 Å². The zero-order chi connectivity index (χ0) is 15.1. The molecule has 0 aromatic heterocycles. The Labute approximate surface area is 124 Å². The molecule has 1 unspecified atom stereocenters. The molecule has 2 rings (SSSR count). The fourth-order valence-corrected chi connectivity index (χ4v) is 2.71. The number of hydrogen-bond acceptors (Lipinski definition) is 1. The first-order valence-corrected chi connectivity index (χ1v) is 7.06. The number of carbonyl (C=O) groups excluding carboxylic acids is 1. The van der Waals surface area contributed by atoms with Crippen molar-refractivity contribution in [1.29, 1.82) is 0 Å². The topological polar surface area (TPSA) is 29.1 Å². The molecule has 0 saturated carbocycles. The maximum absolute atomic E-state index is 14.7. The van der Waals surface area contributed by atoms with Crippen molar-refractivity contribution >= 4 is 17.5 Å². The maximum atomic E-state index is 14.7. The highest BCUT2D eigenvalue weighted by Crippen LogP contribution is 2.36. The van der Waals surface area contributed by atoms with E-state index in [0.717, 1.165) is 0 Å². The van der Waals surface area contributed by atoms with Crippen LogP contribution < -0.4 is 5.32 Å². The van der Waals surface area contributed by atoms with Gasteiger partial charge in [-0.1, -0.05) is 39.0 Å². The predicted molar refractivity (Wildman–Crippen MR) is 79.4 cm³/mol. The molecule has 0 spiro atoms. The van der Waals surface area contributed by atoms with Crippen LogP contribution in [0.3, 0.4) is 0 Å². The van der Waals surface area contributed by atoms with E-state index in [0.29, 0.717) is 34.7 Å². The second-order valence-corrected chi connectivity index (χ2v) is 6.73. The molecule has 0 radical (unpaired) electrons. The van der Waals surface area contributed by atoms with Crippen LogP contribution in [0.5, 0.6) is 0 Å². The Kier molecular flexibility index (Phi) is 3.92. The highest BCUT2D eigenvalue weighted by molar-refractivity contribution is 6.30. The maximum Gasteiger partial charge on any atom is 0.231 e. The van der Waals surface area contributed by atoms with Crippen molar-refractivity contribution in [3.63, 3.8) is 0 Å². The molecule has 1 heterocycles. The first-order valence-electron chi connectivity index (χ1n) is 6.68. The number of benzene rings is 1. The molecular weight excluding hydrogens is 277 g/mol. The van der Waals surface area contributed by atoms with E-state index < -0.39 is 5.92 Å². The Bertz CT molecular complexity index is 575. The first kappa shape index (κ1) is 15.0. The van der Waals surface area contributed by atoms with Gasteiger partial charge in [-0.15, -0.1) is 0 Å². The molecule has 1 aliphatic heterocycles. The van der Waals surface area contributed by atoms with Gasteiger partial charge in [0.2, 0.25) is 5.91 Å². The van der Waals surface area contributed by atoms with Gasteiger partial charge in [0.25, 0.3) is 0 Å². The normalized spacial score (nSPS) is 19.9. The summed E-state index contributed by atoms with van der Waals surface area (Å²) in [7, 11) is 0. The largest absolute Gasteiger partial charge is 0.330 e. The summed E-state index contributed by atoms with van der Waals surface area (Å²) in [5.74, 6) is -1.03. The van der Waals surface area contributed by atoms with Crippen LogP contribution >= 0.6 is 11.6 Å². The quantitative estimate of drug-likeness (QED) is 0.823. The van der Waals surface area contributed by atoms with Gasteiger partial charge in [-0.25, -0.2) is 4.39 Å². The molecule has 0 aliphatic carbocycles. The molecule has 1 amide bonds. The number of hydrogen-bond donors (Lipinski definition) is 1. The molecule has 1 aliphatic rings. The summed E-state index contributed by atoms with van der Waals surface area (Å²) in [5.41, 5.74) is 1.24. The van der Waals surface area contributed by atoms with Gasteiger partial charge < -0.3 is 5.32 Å². The van der Waals surface area contributed by atoms with E-state index in [4.69, 9.17) is 11.6 Å². The molecule has 1 fully saturated rings. The van der Waals surface area contributed by atoms with Crippen molar-refractivity contribution in [2.24, 2.45) is 0 Å². The molecule has 4 heteroatoms. The van der Waals surface area contributed by atoms with Gasteiger partial charge >= 0.3 is 0 Å². The van der Waals surface area contributed by atoms with Crippen LogP contribution in [-0.2, 0) is 10.2 Å². The van der Waals surface area contributed by atoms with E-state index in [1.54, 1.807) is 12.1 Å². The summed E-state index contributed by atoms with van der Waals surface area (Å²) in [6.07, 6.45) is 1.22. The van der Waals surface area contributed by atoms with E-state index in [1.165, 1.54) is 0 Å². The Hall–Kier alpha value is -1.35. The van der Waals surface area contributed by atoms with Crippen molar-refractivity contribution in [3.05, 3.63) is 46.4 Å². The van der Waals surface area contributed by atoms with Crippen LogP contribution in [0.25, 0.3) is 0 Å². The zero-order valence-electron chi connectivity index (χ0n) is 12.0. The molecule has 2 nitrogen and oxygen atoms in total. The summed E-state index contributed by atoms with van der Waals surface area (Å²) in [4.78, 5) is 12.0. The van der Waals surface area contributed by atoms with Gasteiger partial charge in [0, 0.05) is 16.3 Å². The lowest BCUT2D eigenvalue weighted by atomic mass is 9.82. The highest BCUT2D eigenvalue weighted by atomic mass is 35.5. The number of halogens is 2. The molecule has 20 heavy (non-hydrogen) atoms. The monoisotopic (exact) mass is 295 g/mol. The number of carbonyl (C=O) groups is 1. The van der Waals surface area contributed by atoms with E-state index in [1.807, 2.05) is 20.8 Å². The second kappa shape index (κ2) is 5.21. The van der Waals surface area contributed by atoms with Crippen molar-refractivity contribution in [2.45, 2.75) is 44.9 Å². The van der Waals surface area contributed by atoms with Crippen LogP contribution in [0.2, 0.25) is 5.02 Å². The number of amides is 1. The van der Waals surface area contributed by atoms with E-state index in [-0.39, 0.29) is 17.1 Å². The third-order valence-electron chi connectivity index (χ3n) is 3.60. The van der Waals surface area contributed by atoms with Crippen LogP contribution in [0.1, 0.15) is 50.7 Å². The van der Waals surface area contributed by atoms with E-state index in [9.17, 15) is 9.18 Å². The summed E-state index contributed by atoms with van der Waals surface area (Å²) in [5, 5.41) is 3.15. The summed E-state index contributed by atoms with van der Waals surface area (Å²) in [6.45, 7) is 9.51. The van der Waals surface area contributed by atoms with Gasteiger partial charge in [-0.2, -0.15) is 0 Å². The Balaban J connectivity index is 2.50. The van der Waals surface area contributed by atoms with Gasteiger partial charge in [-0.05, 0) is 36.0 Å². The lowest BCUT2D eigenvalue weighted by Crippen LogP contribution is -2.34. The van der Waals surface area contributed by atoms with Gasteiger partial charge in [-0.3, -0.25) is 4.79 Å². The third kappa shape index (κ3) is 2.88.